The Hall–Kier alpha value is -1.98. The van der Waals surface area contributed by atoms with E-state index >= 15 is 0 Å². The highest BCUT2D eigenvalue weighted by molar-refractivity contribution is 6.32. The van der Waals surface area contributed by atoms with E-state index in [0.717, 1.165) is 16.1 Å². The molecule has 0 spiro atoms. The molecule has 6 heteroatoms. The second-order valence-corrected chi connectivity index (χ2v) is 4.77. The highest BCUT2D eigenvalue weighted by atomic mass is 35.5. The highest BCUT2D eigenvalue weighted by Crippen LogP contribution is 2.26. The number of benzene rings is 1. The van der Waals surface area contributed by atoms with Crippen molar-refractivity contribution < 1.29 is 13.9 Å². The third-order valence-electron chi connectivity index (χ3n) is 2.90. The Balaban J connectivity index is 2.13. The van der Waals surface area contributed by atoms with Crippen LogP contribution in [0.3, 0.4) is 0 Å². The number of furan rings is 1. The fourth-order valence-corrected chi connectivity index (χ4v) is 1.98. The number of hydrazine groups is 1. The van der Waals surface area contributed by atoms with Crippen molar-refractivity contribution in [1.29, 1.82) is 0 Å². The number of nitrogens with one attached hydrogen (secondary N) is 1. The molecule has 3 N–H and O–H groups in total. The van der Waals surface area contributed by atoms with E-state index in [1.807, 2.05) is 26.0 Å². The molecule has 0 atom stereocenters. The van der Waals surface area contributed by atoms with E-state index in [-0.39, 0.29) is 6.61 Å². The molecular formula is C14H15ClN2O3. The summed E-state index contributed by atoms with van der Waals surface area (Å²) in [6, 6.07) is 5.21. The molecule has 0 fully saturated rings. The van der Waals surface area contributed by atoms with E-state index in [0.29, 0.717) is 17.1 Å². The molecule has 0 bridgehead atoms. The van der Waals surface area contributed by atoms with Gasteiger partial charge in [0.2, 0.25) is 0 Å². The summed E-state index contributed by atoms with van der Waals surface area (Å²) < 4.78 is 10.9. The van der Waals surface area contributed by atoms with E-state index in [1.165, 1.54) is 6.26 Å². The van der Waals surface area contributed by atoms with Gasteiger partial charge in [-0.25, -0.2) is 5.84 Å². The average molecular weight is 295 g/mol. The number of amides is 1. The van der Waals surface area contributed by atoms with Crippen molar-refractivity contribution >= 4 is 17.5 Å². The number of carbonyl (C=O) groups excluding carboxylic acids is 1. The van der Waals surface area contributed by atoms with Crippen LogP contribution in [0.15, 0.2) is 28.9 Å². The summed E-state index contributed by atoms with van der Waals surface area (Å²) in [5, 5.41) is 0.721. The number of nitrogen functional groups attached to an aromatic ring is 1. The Labute approximate surface area is 121 Å². The van der Waals surface area contributed by atoms with Gasteiger partial charge in [0.05, 0.1) is 11.8 Å². The van der Waals surface area contributed by atoms with E-state index < -0.39 is 5.91 Å². The van der Waals surface area contributed by atoms with Gasteiger partial charge < -0.3 is 9.15 Å². The van der Waals surface area contributed by atoms with Crippen LogP contribution in [-0.2, 0) is 6.61 Å². The Kier molecular flexibility index (Phi) is 4.32. The van der Waals surface area contributed by atoms with Crippen molar-refractivity contribution in [3.63, 3.8) is 0 Å². The maximum absolute atomic E-state index is 11.5. The van der Waals surface area contributed by atoms with Crippen molar-refractivity contribution in [2.24, 2.45) is 5.84 Å². The number of aryl methyl sites for hydroxylation is 2. The number of hydrogen-bond donors (Lipinski definition) is 2. The first kappa shape index (κ1) is 14.4. The number of nitrogens with two attached hydrogens (primary N) is 1. The second-order valence-electron chi connectivity index (χ2n) is 4.39. The molecule has 1 aromatic heterocycles. The molecule has 1 aromatic carbocycles. The summed E-state index contributed by atoms with van der Waals surface area (Å²) in [6.07, 6.45) is 1.42. The van der Waals surface area contributed by atoms with Crippen LogP contribution in [-0.4, -0.2) is 5.91 Å². The van der Waals surface area contributed by atoms with E-state index in [1.54, 1.807) is 6.07 Å². The maximum atomic E-state index is 11.5. The number of hydrogen-bond acceptors (Lipinski definition) is 4. The van der Waals surface area contributed by atoms with Gasteiger partial charge in [0.1, 0.15) is 12.4 Å². The lowest BCUT2D eigenvalue weighted by Gasteiger charge is -2.09. The molecule has 0 aliphatic rings. The first-order valence-electron chi connectivity index (χ1n) is 5.99. The van der Waals surface area contributed by atoms with Crippen LogP contribution in [0.4, 0.5) is 0 Å². The van der Waals surface area contributed by atoms with Crippen molar-refractivity contribution in [2.45, 2.75) is 20.5 Å². The molecule has 0 radical (unpaired) electrons. The third kappa shape index (κ3) is 2.95. The minimum absolute atomic E-state index is 0.135. The van der Waals surface area contributed by atoms with Crippen LogP contribution in [0.25, 0.3) is 0 Å². The van der Waals surface area contributed by atoms with Gasteiger partial charge in [-0.3, -0.25) is 10.2 Å². The monoisotopic (exact) mass is 294 g/mol. The molecular weight excluding hydrogens is 280 g/mol. The zero-order valence-corrected chi connectivity index (χ0v) is 12.0. The van der Waals surface area contributed by atoms with Gasteiger partial charge in [-0.05, 0) is 43.2 Å². The molecule has 0 saturated carbocycles. The van der Waals surface area contributed by atoms with Gasteiger partial charge in [-0.2, -0.15) is 0 Å². The Morgan fingerprint density at radius 3 is 2.65 bits per heavy atom. The summed E-state index contributed by atoms with van der Waals surface area (Å²) in [7, 11) is 0. The van der Waals surface area contributed by atoms with Gasteiger partial charge in [-0.1, -0.05) is 11.6 Å². The first-order valence-corrected chi connectivity index (χ1v) is 6.37. The lowest BCUT2D eigenvalue weighted by Crippen LogP contribution is -2.30. The second kappa shape index (κ2) is 5.98. The third-order valence-corrected chi connectivity index (χ3v) is 3.50. The fraction of sp³-hybridized carbons (Fsp3) is 0.214. The number of carbonyl (C=O) groups is 1. The van der Waals surface area contributed by atoms with Crippen LogP contribution in [0, 0.1) is 13.8 Å². The molecule has 0 unspecified atom stereocenters. The molecule has 20 heavy (non-hydrogen) atoms. The molecule has 0 saturated heterocycles. The van der Waals surface area contributed by atoms with Crippen molar-refractivity contribution in [3.8, 4) is 5.75 Å². The topological polar surface area (TPSA) is 77.5 Å². The predicted molar refractivity (Wildman–Crippen MR) is 75.6 cm³/mol. The van der Waals surface area contributed by atoms with Crippen LogP contribution in [0.1, 0.15) is 27.2 Å². The molecule has 0 aliphatic carbocycles. The molecule has 2 rings (SSSR count). The smallest absolute Gasteiger partial charge is 0.268 e. The quantitative estimate of drug-likeness (QED) is 0.516. The zero-order valence-electron chi connectivity index (χ0n) is 11.2. The summed E-state index contributed by atoms with van der Waals surface area (Å²) >= 11 is 6.09. The van der Waals surface area contributed by atoms with Gasteiger partial charge in [0.25, 0.3) is 5.91 Å². The lowest BCUT2D eigenvalue weighted by atomic mass is 10.1. The minimum atomic E-state index is -0.416. The molecule has 1 amide bonds. The molecule has 5 nitrogen and oxygen atoms in total. The molecule has 1 heterocycles. The van der Waals surface area contributed by atoms with Crippen LogP contribution >= 0.6 is 11.6 Å². The van der Waals surface area contributed by atoms with E-state index in [2.05, 4.69) is 5.43 Å². The summed E-state index contributed by atoms with van der Waals surface area (Å²) in [5.41, 5.74) is 4.28. The Morgan fingerprint density at radius 2 is 2.05 bits per heavy atom. The standard InChI is InChI=1S/C14H15ClN2O3/c1-8-5-10(6-9(2)13(8)15)20-7-12-11(3-4-19-12)14(18)17-16/h3-6H,7,16H2,1-2H3,(H,17,18). The van der Waals surface area contributed by atoms with Crippen molar-refractivity contribution in [2.75, 3.05) is 0 Å². The normalized spacial score (nSPS) is 10.4. The van der Waals surface area contributed by atoms with Crippen molar-refractivity contribution in [1.82, 2.24) is 5.43 Å². The largest absolute Gasteiger partial charge is 0.486 e. The van der Waals surface area contributed by atoms with Gasteiger partial charge >= 0.3 is 0 Å². The summed E-state index contributed by atoms with van der Waals surface area (Å²) in [4.78, 5) is 11.5. The molecule has 0 aliphatic heterocycles. The van der Waals surface area contributed by atoms with Crippen molar-refractivity contribution in [3.05, 3.63) is 51.9 Å². The fourth-order valence-electron chi connectivity index (χ4n) is 1.87. The van der Waals surface area contributed by atoms with Crippen LogP contribution in [0.5, 0.6) is 5.75 Å². The van der Waals surface area contributed by atoms with E-state index in [4.69, 9.17) is 26.6 Å². The maximum Gasteiger partial charge on any atom is 0.268 e. The average Bonchev–Trinajstić information content (AvgIpc) is 2.89. The highest BCUT2D eigenvalue weighted by Gasteiger charge is 2.14. The SMILES string of the molecule is Cc1cc(OCc2occc2C(=O)NN)cc(C)c1Cl. The minimum Gasteiger partial charge on any atom is -0.486 e. The van der Waals surface area contributed by atoms with Gasteiger partial charge in [0.15, 0.2) is 5.76 Å². The van der Waals surface area contributed by atoms with E-state index in [9.17, 15) is 4.79 Å². The van der Waals surface area contributed by atoms with Gasteiger partial charge in [0, 0.05) is 5.02 Å². The Morgan fingerprint density at radius 1 is 1.40 bits per heavy atom. The van der Waals surface area contributed by atoms with Gasteiger partial charge in [-0.15, -0.1) is 0 Å². The zero-order chi connectivity index (χ0) is 14.7. The van der Waals surface area contributed by atoms with Crippen LogP contribution in [0.2, 0.25) is 5.02 Å². The first-order chi connectivity index (χ1) is 9.52. The number of ether oxygens (including phenoxy) is 1. The lowest BCUT2D eigenvalue weighted by molar-refractivity contribution is 0.0949. The number of halogens is 1. The number of rotatable bonds is 4. The van der Waals surface area contributed by atoms with Crippen LogP contribution < -0.4 is 16.0 Å². The molecule has 2 aromatic rings. The molecule has 106 valence electrons. The summed E-state index contributed by atoms with van der Waals surface area (Å²) in [6.45, 7) is 3.95. The predicted octanol–water partition coefficient (Wildman–Crippen LogP) is 2.73. The summed E-state index contributed by atoms with van der Waals surface area (Å²) in [5.74, 6) is 5.76. The Bertz CT molecular complexity index is 614.